The Kier molecular flexibility index (Phi) is 5.78. The quantitative estimate of drug-likeness (QED) is 0.478. The summed E-state index contributed by atoms with van der Waals surface area (Å²) >= 11 is 3.21. The Labute approximate surface area is 128 Å². The van der Waals surface area contributed by atoms with E-state index in [-0.39, 0.29) is 0 Å². The smallest absolute Gasteiger partial charge is 0.331 e. The zero-order chi connectivity index (χ0) is 15.6. The topological polar surface area (TPSA) is 65.0 Å². The van der Waals surface area contributed by atoms with Crippen LogP contribution in [0, 0.1) is 0 Å². The number of halogens is 1. The second-order valence-electron chi connectivity index (χ2n) is 6.18. The molecule has 1 fully saturated rings. The highest BCUT2D eigenvalue weighted by molar-refractivity contribution is 9.09. The third-order valence-corrected chi connectivity index (χ3v) is 3.19. The molecular weight excluding hydrogens is 328 g/mol. The van der Waals surface area contributed by atoms with Crippen LogP contribution in [0.3, 0.4) is 0 Å². The Hall–Kier alpha value is -0.430. The van der Waals surface area contributed by atoms with Gasteiger partial charge in [-0.2, -0.15) is 0 Å². The van der Waals surface area contributed by atoms with E-state index in [0.717, 1.165) is 0 Å². The first-order valence-electron chi connectivity index (χ1n) is 6.55. The highest BCUT2D eigenvalue weighted by Gasteiger charge is 2.43. The number of aliphatic hydroxyl groups is 1. The average Bonchev–Trinajstić information content (AvgIpc) is 2.59. The van der Waals surface area contributed by atoms with Gasteiger partial charge in [0.15, 0.2) is 5.79 Å². The molecule has 1 N–H and O–H groups in total. The van der Waals surface area contributed by atoms with Gasteiger partial charge < -0.3 is 19.3 Å². The molecule has 0 unspecified atom stereocenters. The van der Waals surface area contributed by atoms with E-state index in [1.807, 2.05) is 0 Å². The first-order chi connectivity index (χ1) is 9.04. The summed E-state index contributed by atoms with van der Waals surface area (Å²) in [4.78, 5) is 11.6. The molecule has 0 saturated carbocycles. The Balaban J connectivity index is 2.71. The van der Waals surface area contributed by atoms with Gasteiger partial charge in [-0.3, -0.25) is 0 Å². The standard InChI is InChI=1S/C14H23BrO5/c1-13(2,3)19-11(17)7-6-10-12(9(16)8-15)20-14(4,5)18-10/h6-7,9-10,12,16H,8H2,1-5H3/b7-6+/t9-,10+,12-/m1/s1. The van der Waals surface area contributed by atoms with Crippen LogP contribution >= 0.6 is 15.9 Å². The number of ether oxygens (including phenoxy) is 3. The summed E-state index contributed by atoms with van der Waals surface area (Å²) in [5.74, 6) is -1.24. The molecule has 3 atom stereocenters. The highest BCUT2D eigenvalue weighted by Crippen LogP contribution is 2.31. The number of alkyl halides is 1. The van der Waals surface area contributed by atoms with Gasteiger partial charge in [0.1, 0.15) is 17.8 Å². The normalized spacial score (nSPS) is 27.8. The van der Waals surface area contributed by atoms with Crippen LogP contribution in [-0.2, 0) is 19.0 Å². The van der Waals surface area contributed by atoms with Crippen molar-refractivity contribution in [3.05, 3.63) is 12.2 Å². The largest absolute Gasteiger partial charge is 0.457 e. The minimum atomic E-state index is -0.795. The van der Waals surface area contributed by atoms with E-state index < -0.39 is 35.7 Å². The number of carbonyl (C=O) groups is 1. The van der Waals surface area contributed by atoms with Crippen molar-refractivity contribution in [1.29, 1.82) is 0 Å². The lowest BCUT2D eigenvalue weighted by atomic mass is 10.1. The molecule has 1 heterocycles. The van der Waals surface area contributed by atoms with Crippen LogP contribution in [0.25, 0.3) is 0 Å². The van der Waals surface area contributed by atoms with E-state index >= 15 is 0 Å². The Morgan fingerprint density at radius 2 is 2.05 bits per heavy atom. The van der Waals surface area contributed by atoms with Gasteiger partial charge in [0.05, 0.1) is 6.10 Å². The second kappa shape index (κ2) is 6.56. The average molecular weight is 351 g/mol. The van der Waals surface area contributed by atoms with E-state index in [9.17, 15) is 9.90 Å². The predicted octanol–water partition coefficient (Wildman–Crippen LogP) is 2.16. The van der Waals surface area contributed by atoms with Crippen LogP contribution in [-0.4, -0.2) is 46.1 Å². The molecule has 1 rings (SSSR count). The fraction of sp³-hybridized carbons (Fsp3) is 0.786. The fourth-order valence-corrected chi connectivity index (χ4v) is 2.23. The maximum atomic E-state index is 11.6. The molecule has 0 aromatic rings. The number of rotatable bonds is 4. The first kappa shape index (κ1) is 17.6. The third-order valence-electron chi connectivity index (χ3n) is 2.53. The van der Waals surface area contributed by atoms with Crippen molar-refractivity contribution in [2.75, 3.05) is 5.33 Å². The minimum Gasteiger partial charge on any atom is -0.457 e. The molecule has 0 aromatic carbocycles. The van der Waals surface area contributed by atoms with E-state index in [0.29, 0.717) is 5.33 Å². The Morgan fingerprint density at radius 3 is 2.55 bits per heavy atom. The Morgan fingerprint density at radius 1 is 1.45 bits per heavy atom. The number of aliphatic hydroxyl groups excluding tert-OH is 1. The second-order valence-corrected chi connectivity index (χ2v) is 6.83. The monoisotopic (exact) mass is 350 g/mol. The molecule has 1 saturated heterocycles. The molecule has 1 aliphatic heterocycles. The van der Waals surface area contributed by atoms with Gasteiger partial charge in [-0.25, -0.2) is 4.79 Å². The molecule has 0 radical (unpaired) electrons. The summed E-state index contributed by atoms with van der Waals surface area (Å²) in [5, 5.41) is 10.3. The van der Waals surface area contributed by atoms with Gasteiger partial charge in [-0.15, -0.1) is 0 Å². The molecule has 20 heavy (non-hydrogen) atoms. The third kappa shape index (κ3) is 5.52. The first-order valence-corrected chi connectivity index (χ1v) is 7.67. The van der Waals surface area contributed by atoms with Crippen LogP contribution in [0.5, 0.6) is 0 Å². The molecule has 5 nitrogen and oxygen atoms in total. The minimum absolute atomic E-state index is 0.369. The van der Waals surface area contributed by atoms with Crippen LogP contribution in [0.2, 0.25) is 0 Å². The fourth-order valence-electron chi connectivity index (χ4n) is 1.86. The molecule has 6 heteroatoms. The molecule has 0 bridgehead atoms. The zero-order valence-corrected chi connectivity index (χ0v) is 14.1. The van der Waals surface area contributed by atoms with E-state index in [1.165, 1.54) is 6.08 Å². The summed E-state index contributed by atoms with van der Waals surface area (Å²) in [6.07, 6.45) is 1.15. The lowest BCUT2D eigenvalue weighted by molar-refractivity contribution is -0.152. The van der Waals surface area contributed by atoms with Gasteiger partial charge in [-0.05, 0) is 40.7 Å². The van der Waals surface area contributed by atoms with E-state index in [1.54, 1.807) is 40.7 Å². The van der Waals surface area contributed by atoms with Crippen LogP contribution in [0.4, 0.5) is 0 Å². The predicted molar refractivity (Wildman–Crippen MR) is 78.6 cm³/mol. The van der Waals surface area contributed by atoms with Gasteiger partial charge >= 0.3 is 5.97 Å². The van der Waals surface area contributed by atoms with Crippen molar-refractivity contribution in [3.63, 3.8) is 0 Å². The van der Waals surface area contributed by atoms with Crippen molar-refractivity contribution in [2.45, 2.75) is 64.3 Å². The van der Waals surface area contributed by atoms with Crippen molar-refractivity contribution in [2.24, 2.45) is 0 Å². The SMILES string of the molecule is CC(C)(C)OC(=O)/C=C/[C@@H]1OC(C)(C)O[C@@H]1[C@H](O)CBr. The lowest BCUT2D eigenvalue weighted by Gasteiger charge is -2.20. The molecule has 0 aliphatic carbocycles. The number of esters is 1. The summed E-state index contributed by atoms with van der Waals surface area (Å²) in [6.45, 7) is 8.93. The van der Waals surface area contributed by atoms with Crippen molar-refractivity contribution >= 4 is 21.9 Å². The molecule has 0 amide bonds. The molecule has 116 valence electrons. The van der Waals surface area contributed by atoms with Crippen LogP contribution in [0.15, 0.2) is 12.2 Å². The van der Waals surface area contributed by atoms with E-state index in [2.05, 4.69) is 15.9 Å². The lowest BCUT2D eigenvalue weighted by Crippen LogP contribution is -2.35. The van der Waals surface area contributed by atoms with Crippen molar-refractivity contribution < 1.29 is 24.1 Å². The van der Waals surface area contributed by atoms with Gasteiger partial charge in [0.2, 0.25) is 0 Å². The van der Waals surface area contributed by atoms with Gasteiger partial charge in [0, 0.05) is 11.4 Å². The van der Waals surface area contributed by atoms with Crippen LogP contribution in [0.1, 0.15) is 34.6 Å². The van der Waals surface area contributed by atoms with Crippen molar-refractivity contribution in [1.82, 2.24) is 0 Å². The number of hydrogen-bond acceptors (Lipinski definition) is 5. The molecule has 0 spiro atoms. The molecule has 0 aromatic heterocycles. The van der Waals surface area contributed by atoms with E-state index in [4.69, 9.17) is 14.2 Å². The zero-order valence-electron chi connectivity index (χ0n) is 12.6. The summed E-state index contributed by atoms with van der Waals surface area (Å²) in [6, 6.07) is 0. The summed E-state index contributed by atoms with van der Waals surface area (Å²) < 4.78 is 16.5. The van der Waals surface area contributed by atoms with Crippen molar-refractivity contribution in [3.8, 4) is 0 Å². The molecule has 1 aliphatic rings. The maximum Gasteiger partial charge on any atom is 0.331 e. The van der Waals surface area contributed by atoms with Gasteiger partial charge in [0.25, 0.3) is 0 Å². The Bertz CT molecular complexity index is 372. The number of carbonyl (C=O) groups excluding carboxylic acids is 1. The highest BCUT2D eigenvalue weighted by atomic mass is 79.9. The summed E-state index contributed by atoms with van der Waals surface area (Å²) in [7, 11) is 0. The number of hydrogen-bond donors (Lipinski definition) is 1. The van der Waals surface area contributed by atoms with Crippen LogP contribution < -0.4 is 0 Å². The molecular formula is C14H23BrO5. The summed E-state index contributed by atoms with van der Waals surface area (Å²) in [5.41, 5.74) is -0.539. The maximum absolute atomic E-state index is 11.6. The van der Waals surface area contributed by atoms with Gasteiger partial charge in [-0.1, -0.05) is 15.9 Å².